The van der Waals surface area contributed by atoms with Gasteiger partial charge in [0.2, 0.25) is 8.32 Å². The average Bonchev–Trinajstić information content (AvgIpc) is 2.94. The molecule has 2 aromatic rings. The van der Waals surface area contributed by atoms with Crippen molar-refractivity contribution in [2.24, 2.45) is 0 Å². The molecule has 40 heavy (non-hydrogen) atoms. The van der Waals surface area contributed by atoms with Crippen molar-refractivity contribution in [2.75, 3.05) is 6.61 Å². The molecule has 2 aromatic carbocycles. The molecule has 0 heterocycles. The lowest BCUT2D eigenvalue weighted by Crippen LogP contribution is -2.53. The summed E-state index contributed by atoms with van der Waals surface area (Å²) in [5.74, 6) is -0.366. The molecule has 6 heteroatoms. The van der Waals surface area contributed by atoms with Gasteiger partial charge in [0.1, 0.15) is 6.10 Å². The van der Waals surface area contributed by atoms with E-state index >= 15 is 0 Å². The molecule has 0 aromatic heterocycles. The maximum atomic E-state index is 13.6. The lowest BCUT2D eigenvalue weighted by Gasteiger charge is -2.45. The molecule has 222 valence electrons. The zero-order valence-corrected chi connectivity index (χ0v) is 26.8. The summed E-state index contributed by atoms with van der Waals surface area (Å²) in [6.07, 6.45) is 2.20. The van der Waals surface area contributed by atoms with Crippen molar-refractivity contribution in [3.8, 4) is 0 Å². The Morgan fingerprint density at radius 1 is 0.825 bits per heavy atom. The first-order chi connectivity index (χ1) is 19.1. The predicted octanol–water partition coefficient (Wildman–Crippen LogP) is 8.64. The van der Waals surface area contributed by atoms with Crippen LogP contribution in [0.4, 0.5) is 0 Å². The van der Waals surface area contributed by atoms with E-state index in [1.807, 2.05) is 73.7 Å². The predicted molar refractivity (Wildman–Crippen MR) is 167 cm³/mol. The molecule has 0 saturated heterocycles. The standard InChI is InChI=1S/C34H52O5Si/c1-9-17-32(39-40(26(3)4,27(5)6)28(7)8)31(10-2)38-34(35)33(37-25-30-20-15-12-16-21-30)22-23-36-24-29-18-13-11-14-19-29/h9,11-16,18-21,26-28,31-33H,1,10,17,22-25H2,2-8H3/t31-,32-,33+/m1/s1. The molecule has 0 N–H and O–H groups in total. The summed E-state index contributed by atoms with van der Waals surface area (Å²) >= 11 is 0. The number of carbonyl (C=O) groups excluding carboxylic acids is 1. The van der Waals surface area contributed by atoms with Gasteiger partial charge in [-0.3, -0.25) is 0 Å². The molecule has 0 spiro atoms. The Morgan fingerprint density at radius 2 is 1.35 bits per heavy atom. The van der Waals surface area contributed by atoms with Gasteiger partial charge in [0.15, 0.2) is 6.10 Å². The number of carbonyl (C=O) groups is 1. The van der Waals surface area contributed by atoms with E-state index in [1.54, 1.807) is 0 Å². The van der Waals surface area contributed by atoms with Gasteiger partial charge in [-0.25, -0.2) is 4.79 Å². The number of benzene rings is 2. The van der Waals surface area contributed by atoms with Gasteiger partial charge in [-0.05, 0) is 40.6 Å². The molecule has 0 fully saturated rings. The Bertz CT molecular complexity index is 955. The quantitative estimate of drug-likeness (QED) is 0.0735. The maximum absolute atomic E-state index is 13.6. The van der Waals surface area contributed by atoms with Crippen molar-refractivity contribution in [1.82, 2.24) is 0 Å². The van der Waals surface area contributed by atoms with Crippen LogP contribution in [-0.4, -0.2) is 39.2 Å². The fourth-order valence-corrected chi connectivity index (χ4v) is 11.3. The van der Waals surface area contributed by atoms with Gasteiger partial charge in [-0.15, -0.1) is 6.58 Å². The molecular formula is C34H52O5Si. The van der Waals surface area contributed by atoms with Crippen molar-refractivity contribution >= 4 is 14.3 Å². The van der Waals surface area contributed by atoms with Crippen LogP contribution in [-0.2, 0) is 36.6 Å². The third-order valence-corrected chi connectivity index (χ3v) is 13.9. The van der Waals surface area contributed by atoms with Gasteiger partial charge < -0.3 is 18.6 Å². The summed E-state index contributed by atoms with van der Waals surface area (Å²) < 4.78 is 25.3. The van der Waals surface area contributed by atoms with Crippen molar-refractivity contribution in [3.63, 3.8) is 0 Å². The Balaban J connectivity index is 2.17. The molecule has 2 rings (SSSR count). The van der Waals surface area contributed by atoms with Gasteiger partial charge in [0, 0.05) is 6.42 Å². The normalized spacial score (nSPS) is 14.3. The van der Waals surface area contributed by atoms with E-state index in [-0.39, 0.29) is 18.2 Å². The molecule has 0 amide bonds. The summed E-state index contributed by atoms with van der Waals surface area (Å²) in [5, 5.41) is 0. The molecular weight excluding hydrogens is 516 g/mol. The Kier molecular flexibility index (Phi) is 14.9. The second-order valence-electron chi connectivity index (χ2n) is 11.5. The minimum Gasteiger partial charge on any atom is -0.458 e. The van der Waals surface area contributed by atoms with Gasteiger partial charge >= 0.3 is 5.97 Å². The lowest BCUT2D eigenvalue weighted by molar-refractivity contribution is -0.170. The van der Waals surface area contributed by atoms with E-state index in [0.29, 0.717) is 55.7 Å². The van der Waals surface area contributed by atoms with Gasteiger partial charge in [-0.2, -0.15) is 0 Å². The molecule has 0 aliphatic rings. The minimum absolute atomic E-state index is 0.241. The Hall–Kier alpha value is -2.25. The minimum atomic E-state index is -2.19. The van der Waals surface area contributed by atoms with Crippen LogP contribution in [0.1, 0.15) is 78.9 Å². The second-order valence-corrected chi connectivity index (χ2v) is 16.9. The van der Waals surface area contributed by atoms with Crippen LogP contribution in [0.5, 0.6) is 0 Å². The van der Waals surface area contributed by atoms with Crippen molar-refractivity contribution < 1.29 is 23.4 Å². The fourth-order valence-electron chi connectivity index (χ4n) is 5.75. The maximum Gasteiger partial charge on any atom is 0.335 e. The number of rotatable bonds is 19. The van der Waals surface area contributed by atoms with Crippen molar-refractivity contribution in [2.45, 2.75) is 116 Å². The first kappa shape index (κ1) is 34.0. The monoisotopic (exact) mass is 568 g/mol. The van der Waals surface area contributed by atoms with Crippen LogP contribution in [0.25, 0.3) is 0 Å². The van der Waals surface area contributed by atoms with E-state index in [4.69, 9.17) is 18.6 Å². The highest BCUT2D eigenvalue weighted by molar-refractivity contribution is 6.77. The molecule has 0 unspecified atom stereocenters. The summed E-state index contributed by atoms with van der Waals surface area (Å²) in [6, 6.07) is 19.9. The van der Waals surface area contributed by atoms with Crippen molar-refractivity contribution in [3.05, 3.63) is 84.4 Å². The molecule has 0 bridgehead atoms. The molecule has 3 atom stereocenters. The van der Waals surface area contributed by atoms with Gasteiger partial charge in [0.05, 0.1) is 25.9 Å². The topological polar surface area (TPSA) is 54.0 Å². The highest BCUT2D eigenvalue weighted by atomic mass is 28.4. The number of esters is 1. The van der Waals surface area contributed by atoms with Gasteiger partial charge in [0.25, 0.3) is 0 Å². The molecule has 0 aliphatic heterocycles. The summed E-state index contributed by atoms with van der Waals surface area (Å²) in [6.45, 7) is 20.9. The third kappa shape index (κ3) is 9.98. The SMILES string of the molecule is C=CC[C@@H](O[Si](C(C)C)(C(C)C)C(C)C)[C@@H](CC)OC(=O)[C@H](CCOCc1ccccc1)OCc1ccccc1. The van der Waals surface area contributed by atoms with Crippen LogP contribution in [0.15, 0.2) is 73.3 Å². The highest BCUT2D eigenvalue weighted by Gasteiger charge is 2.47. The lowest BCUT2D eigenvalue weighted by atomic mass is 10.1. The van der Waals surface area contributed by atoms with Crippen LogP contribution in [0, 0.1) is 0 Å². The van der Waals surface area contributed by atoms with E-state index in [1.165, 1.54) is 0 Å². The number of hydrogen-bond acceptors (Lipinski definition) is 5. The van der Waals surface area contributed by atoms with Crippen molar-refractivity contribution in [1.29, 1.82) is 0 Å². The van der Waals surface area contributed by atoms with Gasteiger partial charge in [-0.1, -0.05) is 115 Å². The number of ether oxygens (including phenoxy) is 3. The van der Waals surface area contributed by atoms with Crippen LogP contribution in [0.2, 0.25) is 16.6 Å². The average molecular weight is 569 g/mol. The van der Waals surface area contributed by atoms with Crippen LogP contribution >= 0.6 is 0 Å². The zero-order valence-electron chi connectivity index (χ0n) is 25.8. The fraction of sp³-hybridized carbons (Fsp3) is 0.559. The third-order valence-electron chi connectivity index (χ3n) is 7.74. The van der Waals surface area contributed by atoms with E-state index in [2.05, 4.69) is 48.1 Å². The summed E-state index contributed by atoms with van der Waals surface area (Å²) in [5.41, 5.74) is 3.38. The summed E-state index contributed by atoms with van der Waals surface area (Å²) in [4.78, 5) is 13.6. The Morgan fingerprint density at radius 3 is 1.82 bits per heavy atom. The Labute approximate surface area is 244 Å². The van der Waals surface area contributed by atoms with E-state index in [9.17, 15) is 4.79 Å². The molecule has 0 radical (unpaired) electrons. The largest absolute Gasteiger partial charge is 0.458 e. The first-order valence-corrected chi connectivity index (χ1v) is 17.1. The molecule has 0 aliphatic carbocycles. The second kappa shape index (κ2) is 17.5. The smallest absolute Gasteiger partial charge is 0.335 e. The zero-order chi connectivity index (χ0) is 29.5. The van der Waals surface area contributed by atoms with E-state index < -0.39 is 14.4 Å². The molecule has 0 saturated carbocycles. The molecule has 5 nitrogen and oxygen atoms in total. The van der Waals surface area contributed by atoms with Crippen LogP contribution < -0.4 is 0 Å². The van der Waals surface area contributed by atoms with E-state index in [0.717, 1.165) is 11.1 Å². The van der Waals surface area contributed by atoms with Crippen LogP contribution in [0.3, 0.4) is 0 Å². The summed E-state index contributed by atoms with van der Waals surface area (Å²) in [7, 11) is -2.19. The first-order valence-electron chi connectivity index (χ1n) is 14.9. The number of hydrogen-bond donors (Lipinski definition) is 0. The highest BCUT2D eigenvalue weighted by Crippen LogP contribution is 2.44.